The molecule has 13 heavy (non-hydrogen) atoms. The van der Waals surface area contributed by atoms with Gasteiger partial charge in [-0.15, -0.1) is 11.3 Å². The van der Waals surface area contributed by atoms with Crippen LogP contribution in [0.15, 0.2) is 6.07 Å². The summed E-state index contributed by atoms with van der Waals surface area (Å²) < 4.78 is 0. The zero-order chi connectivity index (χ0) is 10.0. The highest BCUT2D eigenvalue weighted by molar-refractivity contribution is 7.12. The van der Waals surface area contributed by atoms with Crippen molar-refractivity contribution in [3.63, 3.8) is 0 Å². The van der Waals surface area contributed by atoms with Crippen molar-refractivity contribution in [1.82, 2.24) is 4.90 Å². The molecule has 0 fully saturated rings. The van der Waals surface area contributed by atoms with Gasteiger partial charge in [-0.25, -0.2) is 0 Å². The smallest absolute Gasteiger partial charge is 0.0327 e. The van der Waals surface area contributed by atoms with Crippen LogP contribution in [-0.4, -0.2) is 18.5 Å². The summed E-state index contributed by atoms with van der Waals surface area (Å²) in [6.07, 6.45) is 0. The zero-order valence-electron chi connectivity index (χ0n) is 9.22. The van der Waals surface area contributed by atoms with Crippen molar-refractivity contribution in [2.75, 3.05) is 13.6 Å². The lowest BCUT2D eigenvalue weighted by Crippen LogP contribution is -2.21. The molecule has 0 aliphatic heterocycles. The van der Waals surface area contributed by atoms with Gasteiger partial charge in [-0.3, -0.25) is 4.90 Å². The predicted octanol–water partition coefficient (Wildman–Crippen LogP) is 3.38. The minimum atomic E-state index is 0.551. The maximum atomic E-state index is 2.37. The van der Waals surface area contributed by atoms with Gasteiger partial charge >= 0.3 is 0 Å². The van der Waals surface area contributed by atoms with E-state index in [4.69, 9.17) is 0 Å². The lowest BCUT2D eigenvalue weighted by atomic mass is 10.1. The molecule has 0 radical (unpaired) electrons. The summed E-state index contributed by atoms with van der Waals surface area (Å²) in [4.78, 5) is 5.25. The summed E-state index contributed by atoms with van der Waals surface area (Å²) in [6.45, 7) is 9.98. The Labute approximate surface area is 85.4 Å². The molecule has 0 spiro atoms. The second kappa shape index (κ2) is 4.25. The molecule has 1 atom stereocenters. The van der Waals surface area contributed by atoms with Crippen LogP contribution < -0.4 is 0 Å². The Hall–Kier alpha value is -0.340. The maximum absolute atomic E-state index is 2.37. The molecule has 0 aliphatic carbocycles. The first-order chi connectivity index (χ1) is 6.06. The highest BCUT2D eigenvalue weighted by atomic mass is 32.1. The minimum absolute atomic E-state index is 0.551. The van der Waals surface area contributed by atoms with Gasteiger partial charge in [0.15, 0.2) is 0 Å². The number of thiophene rings is 1. The van der Waals surface area contributed by atoms with E-state index >= 15 is 0 Å². The SMILES string of the molecule is CCN(C)C(C)c1cc(C)sc1C. The lowest BCUT2D eigenvalue weighted by Gasteiger charge is -2.23. The zero-order valence-corrected chi connectivity index (χ0v) is 10.0. The highest BCUT2D eigenvalue weighted by Gasteiger charge is 2.13. The summed E-state index contributed by atoms with van der Waals surface area (Å²) in [5.74, 6) is 0. The Morgan fingerprint density at radius 3 is 2.46 bits per heavy atom. The molecule has 0 bridgehead atoms. The Balaban J connectivity index is 2.87. The molecule has 0 N–H and O–H groups in total. The van der Waals surface area contributed by atoms with Crippen LogP contribution in [0.25, 0.3) is 0 Å². The summed E-state index contributed by atoms with van der Waals surface area (Å²) in [7, 11) is 2.18. The van der Waals surface area contributed by atoms with Crippen LogP contribution in [-0.2, 0) is 0 Å². The monoisotopic (exact) mass is 197 g/mol. The third kappa shape index (κ3) is 2.32. The Kier molecular flexibility index (Phi) is 3.51. The fourth-order valence-electron chi connectivity index (χ4n) is 1.58. The summed E-state index contributed by atoms with van der Waals surface area (Å²) in [5, 5.41) is 0. The molecule has 1 aromatic heterocycles. The van der Waals surface area contributed by atoms with Crippen molar-refractivity contribution < 1.29 is 0 Å². The Morgan fingerprint density at radius 1 is 1.46 bits per heavy atom. The Bertz CT molecular complexity index is 278. The fraction of sp³-hybridized carbons (Fsp3) is 0.636. The van der Waals surface area contributed by atoms with E-state index in [-0.39, 0.29) is 0 Å². The molecule has 0 amide bonds. The van der Waals surface area contributed by atoms with Gasteiger partial charge in [0.1, 0.15) is 0 Å². The third-order valence-electron chi connectivity index (χ3n) is 2.69. The molecule has 1 unspecified atom stereocenters. The van der Waals surface area contributed by atoms with Crippen molar-refractivity contribution >= 4 is 11.3 Å². The van der Waals surface area contributed by atoms with E-state index in [9.17, 15) is 0 Å². The standard InChI is InChI=1S/C11H19NS/c1-6-12(5)9(3)11-7-8(2)13-10(11)4/h7,9H,6H2,1-5H3. The molecule has 74 valence electrons. The first-order valence-corrected chi connectivity index (χ1v) is 5.65. The van der Waals surface area contributed by atoms with E-state index in [1.165, 1.54) is 15.3 Å². The number of aryl methyl sites for hydroxylation is 2. The number of hydrogen-bond acceptors (Lipinski definition) is 2. The summed E-state index contributed by atoms with van der Waals surface area (Å²) in [5.41, 5.74) is 1.49. The van der Waals surface area contributed by atoms with Gasteiger partial charge in [0.25, 0.3) is 0 Å². The summed E-state index contributed by atoms with van der Waals surface area (Å²) >= 11 is 1.90. The van der Waals surface area contributed by atoms with Gasteiger partial charge in [0.05, 0.1) is 0 Å². The number of nitrogens with zero attached hydrogens (tertiary/aromatic N) is 1. The van der Waals surface area contributed by atoms with Crippen molar-refractivity contribution in [2.24, 2.45) is 0 Å². The molecular formula is C11H19NS. The van der Waals surface area contributed by atoms with Crippen LogP contribution in [0.3, 0.4) is 0 Å². The lowest BCUT2D eigenvalue weighted by molar-refractivity contribution is 0.275. The number of rotatable bonds is 3. The molecule has 0 aliphatic rings. The minimum Gasteiger partial charge on any atom is -0.300 e. The second-order valence-electron chi connectivity index (χ2n) is 3.62. The Morgan fingerprint density at radius 2 is 2.08 bits per heavy atom. The molecule has 0 aromatic carbocycles. The molecule has 2 heteroatoms. The maximum Gasteiger partial charge on any atom is 0.0327 e. The average molecular weight is 197 g/mol. The first kappa shape index (κ1) is 10.7. The van der Waals surface area contributed by atoms with Gasteiger partial charge in [-0.2, -0.15) is 0 Å². The molecular weight excluding hydrogens is 178 g/mol. The molecule has 0 saturated carbocycles. The molecule has 1 heterocycles. The second-order valence-corrected chi connectivity index (χ2v) is 5.08. The molecule has 1 aromatic rings. The average Bonchev–Trinajstić information content (AvgIpc) is 2.42. The topological polar surface area (TPSA) is 3.24 Å². The summed E-state index contributed by atoms with van der Waals surface area (Å²) in [6, 6.07) is 2.87. The van der Waals surface area contributed by atoms with Crippen LogP contribution in [0, 0.1) is 13.8 Å². The van der Waals surface area contributed by atoms with Gasteiger partial charge < -0.3 is 0 Å². The van der Waals surface area contributed by atoms with Gasteiger partial charge in [0, 0.05) is 15.8 Å². The van der Waals surface area contributed by atoms with E-state index < -0.39 is 0 Å². The van der Waals surface area contributed by atoms with Crippen molar-refractivity contribution in [2.45, 2.75) is 33.7 Å². The van der Waals surface area contributed by atoms with Crippen LogP contribution in [0.5, 0.6) is 0 Å². The highest BCUT2D eigenvalue weighted by Crippen LogP contribution is 2.28. The largest absolute Gasteiger partial charge is 0.300 e. The fourth-order valence-corrected chi connectivity index (χ4v) is 2.59. The molecule has 1 rings (SSSR count). The van der Waals surface area contributed by atoms with Crippen LogP contribution in [0.4, 0.5) is 0 Å². The normalized spacial score (nSPS) is 13.7. The van der Waals surface area contributed by atoms with Crippen LogP contribution >= 0.6 is 11.3 Å². The van der Waals surface area contributed by atoms with Crippen LogP contribution in [0.2, 0.25) is 0 Å². The third-order valence-corrected chi connectivity index (χ3v) is 3.67. The van der Waals surface area contributed by atoms with Crippen LogP contribution in [0.1, 0.15) is 35.2 Å². The molecule has 1 nitrogen and oxygen atoms in total. The predicted molar refractivity (Wildman–Crippen MR) is 60.5 cm³/mol. The first-order valence-electron chi connectivity index (χ1n) is 4.83. The van der Waals surface area contributed by atoms with Crippen molar-refractivity contribution in [3.8, 4) is 0 Å². The van der Waals surface area contributed by atoms with E-state index in [0.717, 1.165) is 6.54 Å². The van der Waals surface area contributed by atoms with E-state index in [1.807, 2.05) is 11.3 Å². The van der Waals surface area contributed by atoms with E-state index in [1.54, 1.807) is 0 Å². The van der Waals surface area contributed by atoms with Crippen molar-refractivity contribution in [3.05, 3.63) is 21.4 Å². The quantitative estimate of drug-likeness (QED) is 0.718. The number of hydrogen-bond donors (Lipinski definition) is 0. The van der Waals surface area contributed by atoms with Gasteiger partial charge in [-0.05, 0) is 46.0 Å². The molecule has 0 saturated heterocycles. The van der Waals surface area contributed by atoms with Gasteiger partial charge in [-0.1, -0.05) is 6.92 Å². The van der Waals surface area contributed by atoms with Crippen molar-refractivity contribution in [1.29, 1.82) is 0 Å². The van der Waals surface area contributed by atoms with E-state index in [0.29, 0.717) is 6.04 Å². The van der Waals surface area contributed by atoms with Gasteiger partial charge in [0.2, 0.25) is 0 Å². The van der Waals surface area contributed by atoms with E-state index in [2.05, 4.69) is 45.7 Å².